The van der Waals surface area contributed by atoms with Gasteiger partial charge in [0.1, 0.15) is 0 Å². The number of hydrogen-bond donors (Lipinski definition) is 3. The minimum atomic E-state index is -3.34. The summed E-state index contributed by atoms with van der Waals surface area (Å²) in [5.74, 6) is 0.320. The van der Waals surface area contributed by atoms with Crippen LogP contribution in [0.1, 0.15) is 0 Å². The molecule has 68 valence electrons. The van der Waals surface area contributed by atoms with E-state index < -0.39 is 7.67 Å². The van der Waals surface area contributed by atoms with Crippen LogP contribution in [0.4, 0.5) is 0 Å². The molecule has 1 atom stereocenters. The lowest BCUT2D eigenvalue weighted by Gasteiger charge is -2.11. The molecule has 0 aliphatic rings. The fourth-order valence-electron chi connectivity index (χ4n) is 0.444. The van der Waals surface area contributed by atoms with Gasteiger partial charge in [0.15, 0.2) is 0 Å². The van der Waals surface area contributed by atoms with E-state index in [-0.39, 0.29) is 0 Å². The first kappa shape index (κ1) is 11.9. The lowest BCUT2D eigenvalue weighted by Crippen LogP contribution is -2.24. The van der Waals surface area contributed by atoms with Gasteiger partial charge in [0, 0.05) is 24.3 Å². The van der Waals surface area contributed by atoms with E-state index in [0.717, 1.165) is 0 Å². The van der Waals surface area contributed by atoms with Gasteiger partial charge in [-0.05, 0) is 0 Å². The van der Waals surface area contributed by atoms with E-state index in [9.17, 15) is 4.57 Å². The van der Waals surface area contributed by atoms with Gasteiger partial charge in [0.2, 0.25) is 0 Å². The van der Waals surface area contributed by atoms with Crippen LogP contribution in [0.2, 0.25) is 0 Å². The molecule has 3 N–H and O–H groups in total. The van der Waals surface area contributed by atoms with E-state index >= 15 is 0 Å². The quantitative estimate of drug-likeness (QED) is 0.493. The molecule has 0 amide bonds. The molecule has 0 rings (SSSR count). The molecule has 7 heteroatoms. The van der Waals surface area contributed by atoms with Crippen molar-refractivity contribution in [2.75, 3.05) is 24.3 Å². The van der Waals surface area contributed by atoms with Crippen LogP contribution in [0.5, 0.6) is 0 Å². The number of rotatable bonds is 6. The van der Waals surface area contributed by atoms with Gasteiger partial charge in [0.25, 0.3) is 0 Å². The summed E-state index contributed by atoms with van der Waals surface area (Å²) in [6.45, 7) is 0.772. The monoisotopic (exact) mass is 264 g/mol. The molecule has 0 saturated carbocycles. The minimum Gasteiger partial charge on any atom is -0.322 e. The zero-order chi connectivity index (χ0) is 8.74. The zero-order valence-corrected chi connectivity index (χ0v) is 9.12. The first-order valence-electron chi connectivity index (χ1n) is 3.07. The predicted octanol–water partition coefficient (Wildman–Crippen LogP) is 0.900. The Morgan fingerprint density at radius 3 is 2.45 bits per heavy atom. The molecule has 11 heavy (non-hydrogen) atoms. The Morgan fingerprint density at radius 2 is 2.00 bits per heavy atom. The Bertz CT molecular complexity index is 136. The SMILES string of the molecule is O=P(O)(NCCCl)NCCBr. The first-order chi connectivity index (χ1) is 5.12. The number of halogens is 2. The minimum absolute atomic E-state index is 0.320. The number of nitrogens with one attached hydrogen (secondary N) is 2. The molecule has 0 spiro atoms. The van der Waals surface area contributed by atoms with Gasteiger partial charge in [-0.15, -0.1) is 11.6 Å². The maximum atomic E-state index is 11.0. The molecule has 0 bridgehead atoms. The Hall–Kier alpha value is 0.880. The largest absolute Gasteiger partial charge is 0.338 e. The standard InChI is InChI=1S/C4H11BrClN2O2P/c5-1-3-7-11(9,10)8-4-2-6/h1-4H2,(H3,7,8,9,10). The number of hydrogen-bond acceptors (Lipinski definition) is 1. The summed E-state index contributed by atoms with van der Waals surface area (Å²) < 4.78 is 11.0. The fraction of sp³-hybridized carbons (Fsp3) is 1.00. The average molecular weight is 265 g/mol. The second-order valence-corrected chi connectivity index (χ2v) is 4.73. The highest BCUT2D eigenvalue weighted by Crippen LogP contribution is 2.28. The van der Waals surface area contributed by atoms with Crippen LogP contribution in [0.15, 0.2) is 0 Å². The maximum absolute atomic E-state index is 11.0. The van der Waals surface area contributed by atoms with Crippen molar-refractivity contribution < 1.29 is 9.46 Å². The highest BCUT2D eigenvalue weighted by Gasteiger charge is 2.14. The summed E-state index contributed by atoms with van der Waals surface area (Å²) in [6, 6.07) is 0. The summed E-state index contributed by atoms with van der Waals surface area (Å²) in [6.07, 6.45) is 0. The van der Waals surface area contributed by atoms with Gasteiger partial charge in [0.05, 0.1) is 0 Å². The first-order valence-corrected chi connectivity index (χ1v) is 6.39. The van der Waals surface area contributed by atoms with E-state index in [4.69, 9.17) is 16.5 Å². The van der Waals surface area contributed by atoms with Crippen LogP contribution in [0.3, 0.4) is 0 Å². The zero-order valence-electron chi connectivity index (χ0n) is 5.89. The van der Waals surface area contributed by atoms with E-state index in [1.165, 1.54) is 0 Å². The van der Waals surface area contributed by atoms with Crippen LogP contribution < -0.4 is 10.2 Å². The summed E-state index contributed by atoms with van der Waals surface area (Å²) in [7, 11) is -3.34. The normalized spacial score (nSPS) is 16.3. The fourth-order valence-corrected chi connectivity index (χ4v) is 2.12. The lowest BCUT2D eigenvalue weighted by atomic mass is 10.8. The van der Waals surface area contributed by atoms with Crippen molar-refractivity contribution in [1.29, 1.82) is 0 Å². The Labute approximate surface area is 79.4 Å². The third-order valence-corrected chi connectivity index (χ3v) is 2.73. The molecule has 0 fully saturated rings. The van der Waals surface area contributed by atoms with Crippen molar-refractivity contribution in [3.05, 3.63) is 0 Å². The van der Waals surface area contributed by atoms with Gasteiger partial charge in [-0.2, -0.15) is 0 Å². The molecule has 0 aliphatic heterocycles. The van der Waals surface area contributed by atoms with Crippen LogP contribution >= 0.6 is 35.2 Å². The van der Waals surface area contributed by atoms with E-state index in [2.05, 4.69) is 26.1 Å². The molecule has 0 heterocycles. The topological polar surface area (TPSA) is 61.4 Å². The molecule has 0 aromatic carbocycles. The summed E-state index contributed by atoms with van der Waals surface area (Å²) in [4.78, 5) is 9.03. The Balaban J connectivity index is 3.53. The molecule has 0 saturated heterocycles. The van der Waals surface area contributed by atoms with Gasteiger partial charge in [-0.1, -0.05) is 15.9 Å². The molecule has 0 aliphatic carbocycles. The third kappa shape index (κ3) is 7.25. The lowest BCUT2D eigenvalue weighted by molar-refractivity contribution is 0.451. The highest BCUT2D eigenvalue weighted by atomic mass is 79.9. The van der Waals surface area contributed by atoms with E-state index in [1.807, 2.05) is 0 Å². The van der Waals surface area contributed by atoms with E-state index in [0.29, 0.717) is 24.3 Å². The Kier molecular flexibility index (Phi) is 6.91. The molecule has 4 nitrogen and oxygen atoms in total. The van der Waals surface area contributed by atoms with Gasteiger partial charge >= 0.3 is 7.67 Å². The van der Waals surface area contributed by atoms with Crippen LogP contribution in [0, 0.1) is 0 Å². The van der Waals surface area contributed by atoms with Crippen molar-refractivity contribution in [2.24, 2.45) is 0 Å². The van der Waals surface area contributed by atoms with Crippen molar-refractivity contribution in [3.63, 3.8) is 0 Å². The summed E-state index contributed by atoms with van der Waals surface area (Å²) >= 11 is 8.43. The maximum Gasteiger partial charge on any atom is 0.338 e. The molecular weight excluding hydrogens is 254 g/mol. The molecule has 1 unspecified atom stereocenters. The highest BCUT2D eigenvalue weighted by molar-refractivity contribution is 9.09. The molecule has 0 radical (unpaired) electrons. The second-order valence-electron chi connectivity index (χ2n) is 1.77. The number of alkyl halides is 2. The van der Waals surface area contributed by atoms with Crippen LogP contribution in [-0.2, 0) is 4.57 Å². The van der Waals surface area contributed by atoms with Crippen molar-refractivity contribution in [2.45, 2.75) is 0 Å². The van der Waals surface area contributed by atoms with Gasteiger partial charge in [-0.3, -0.25) is 4.57 Å². The second kappa shape index (κ2) is 6.40. The molecule has 0 aromatic heterocycles. The van der Waals surface area contributed by atoms with Crippen LogP contribution in [0.25, 0.3) is 0 Å². The molecular formula is C4H11BrClN2O2P. The van der Waals surface area contributed by atoms with Gasteiger partial charge in [-0.25, -0.2) is 10.2 Å². The molecule has 0 aromatic rings. The predicted molar refractivity (Wildman–Crippen MR) is 50.3 cm³/mol. The van der Waals surface area contributed by atoms with Crippen LogP contribution in [-0.4, -0.2) is 29.2 Å². The average Bonchev–Trinajstić information content (AvgIpc) is 1.97. The Morgan fingerprint density at radius 1 is 1.45 bits per heavy atom. The van der Waals surface area contributed by atoms with Crippen molar-refractivity contribution in [1.82, 2.24) is 10.2 Å². The smallest absolute Gasteiger partial charge is 0.322 e. The van der Waals surface area contributed by atoms with Crippen molar-refractivity contribution >= 4 is 35.2 Å². The third-order valence-electron chi connectivity index (χ3n) is 0.841. The van der Waals surface area contributed by atoms with Crippen molar-refractivity contribution in [3.8, 4) is 0 Å². The van der Waals surface area contributed by atoms with Gasteiger partial charge < -0.3 is 4.89 Å². The van der Waals surface area contributed by atoms with E-state index in [1.54, 1.807) is 0 Å². The summed E-state index contributed by atoms with van der Waals surface area (Å²) in [5.41, 5.74) is 0. The summed E-state index contributed by atoms with van der Waals surface area (Å²) in [5, 5.41) is 5.47.